The van der Waals surface area contributed by atoms with Crippen LogP contribution in [0.2, 0.25) is 5.02 Å². The summed E-state index contributed by atoms with van der Waals surface area (Å²) in [7, 11) is 1.74. The zero-order chi connectivity index (χ0) is 16.1. The molecule has 0 saturated heterocycles. The van der Waals surface area contributed by atoms with E-state index in [1.54, 1.807) is 11.9 Å². The first-order valence-corrected chi connectivity index (χ1v) is 7.64. The first-order chi connectivity index (χ1) is 10.5. The van der Waals surface area contributed by atoms with Crippen LogP contribution < -0.4 is 0 Å². The molecule has 2 aromatic rings. The summed E-state index contributed by atoms with van der Waals surface area (Å²) in [5.41, 5.74) is 1.05. The van der Waals surface area contributed by atoms with Crippen molar-refractivity contribution >= 4 is 17.5 Å². The molecular weight excluding hydrogens is 302 g/mol. The van der Waals surface area contributed by atoms with E-state index >= 15 is 0 Å². The number of halogens is 1. The predicted octanol–water partition coefficient (Wildman–Crippen LogP) is 3.44. The molecule has 0 aliphatic rings. The molecule has 1 heterocycles. The largest absolute Gasteiger partial charge is 0.337 e. The lowest BCUT2D eigenvalue weighted by Gasteiger charge is -2.14. The fraction of sp³-hybridized carbons (Fsp3) is 0.438. The second-order valence-corrected chi connectivity index (χ2v) is 6.02. The summed E-state index contributed by atoms with van der Waals surface area (Å²) in [5, 5.41) is 4.58. The minimum atomic E-state index is 0.0317. The quantitative estimate of drug-likeness (QED) is 0.817. The number of aryl methyl sites for hydroxylation is 1. The number of rotatable bonds is 6. The molecule has 6 heteroatoms. The van der Waals surface area contributed by atoms with Crippen molar-refractivity contribution in [3.8, 4) is 0 Å². The monoisotopic (exact) mass is 321 g/mol. The Kier molecular flexibility index (Phi) is 5.55. The number of hydrogen-bond acceptors (Lipinski definition) is 4. The second-order valence-electron chi connectivity index (χ2n) is 5.58. The van der Waals surface area contributed by atoms with Gasteiger partial charge in [0.25, 0.3) is 0 Å². The van der Waals surface area contributed by atoms with Crippen molar-refractivity contribution < 1.29 is 9.32 Å². The van der Waals surface area contributed by atoms with Crippen LogP contribution in [0.3, 0.4) is 0 Å². The number of nitrogens with zero attached hydrogens (tertiary/aromatic N) is 3. The van der Waals surface area contributed by atoms with E-state index < -0.39 is 0 Å². The third kappa shape index (κ3) is 4.56. The lowest BCUT2D eigenvalue weighted by molar-refractivity contribution is -0.130. The highest BCUT2D eigenvalue weighted by molar-refractivity contribution is 6.30. The molecule has 0 aliphatic carbocycles. The number of benzene rings is 1. The van der Waals surface area contributed by atoms with Gasteiger partial charge in [-0.25, -0.2) is 0 Å². The van der Waals surface area contributed by atoms with E-state index in [1.165, 1.54) is 0 Å². The number of amides is 1. The molecule has 118 valence electrons. The molecule has 0 atom stereocenters. The Bertz CT molecular complexity index is 640. The van der Waals surface area contributed by atoms with Crippen molar-refractivity contribution in [1.82, 2.24) is 15.0 Å². The van der Waals surface area contributed by atoms with Crippen LogP contribution in [-0.4, -0.2) is 28.0 Å². The van der Waals surface area contributed by atoms with Gasteiger partial charge in [0.1, 0.15) is 0 Å². The Hall–Kier alpha value is -1.88. The minimum absolute atomic E-state index is 0.0317. The highest BCUT2D eigenvalue weighted by Crippen LogP contribution is 2.14. The molecular formula is C16H20ClN3O2. The van der Waals surface area contributed by atoms with Crippen LogP contribution in [0.1, 0.15) is 43.5 Å². The Morgan fingerprint density at radius 3 is 2.82 bits per heavy atom. The van der Waals surface area contributed by atoms with Gasteiger partial charge in [-0.3, -0.25) is 4.79 Å². The van der Waals surface area contributed by atoms with Gasteiger partial charge in [0, 0.05) is 24.4 Å². The molecule has 1 aromatic carbocycles. The maximum absolute atomic E-state index is 12.1. The predicted molar refractivity (Wildman–Crippen MR) is 84.6 cm³/mol. The van der Waals surface area contributed by atoms with E-state index in [4.69, 9.17) is 16.1 Å². The van der Waals surface area contributed by atoms with Gasteiger partial charge in [0.05, 0.1) is 6.54 Å². The maximum atomic E-state index is 12.1. The maximum Gasteiger partial charge on any atom is 0.246 e. The molecule has 0 spiro atoms. The zero-order valence-corrected chi connectivity index (χ0v) is 13.8. The second kappa shape index (κ2) is 7.40. The number of carbonyl (C=O) groups is 1. The lowest BCUT2D eigenvalue weighted by atomic mass is 10.1. The van der Waals surface area contributed by atoms with E-state index in [2.05, 4.69) is 10.1 Å². The molecule has 5 nitrogen and oxygen atoms in total. The van der Waals surface area contributed by atoms with E-state index in [1.807, 2.05) is 38.1 Å². The average Bonchev–Trinajstić information content (AvgIpc) is 2.93. The Balaban J connectivity index is 1.86. The first kappa shape index (κ1) is 16.5. The van der Waals surface area contributed by atoms with Crippen LogP contribution in [0.4, 0.5) is 0 Å². The summed E-state index contributed by atoms with van der Waals surface area (Å²) in [6.07, 6.45) is 1.08. The number of carbonyl (C=O) groups excluding carboxylic acids is 1. The number of aromatic nitrogens is 2. The third-order valence-electron chi connectivity index (χ3n) is 3.31. The van der Waals surface area contributed by atoms with Crippen LogP contribution in [-0.2, 0) is 17.8 Å². The minimum Gasteiger partial charge on any atom is -0.337 e. The van der Waals surface area contributed by atoms with Gasteiger partial charge >= 0.3 is 0 Å². The summed E-state index contributed by atoms with van der Waals surface area (Å²) in [6.45, 7) is 4.32. The van der Waals surface area contributed by atoms with Crippen molar-refractivity contribution in [2.24, 2.45) is 0 Å². The summed E-state index contributed by atoms with van der Waals surface area (Å²) < 4.78 is 5.15. The van der Waals surface area contributed by atoms with Crippen molar-refractivity contribution in [3.05, 3.63) is 46.6 Å². The van der Waals surface area contributed by atoms with Gasteiger partial charge in [-0.15, -0.1) is 0 Å². The summed E-state index contributed by atoms with van der Waals surface area (Å²) in [6, 6.07) is 7.55. The molecule has 0 radical (unpaired) electrons. The Morgan fingerprint density at radius 2 is 2.18 bits per heavy atom. The van der Waals surface area contributed by atoms with Gasteiger partial charge in [-0.1, -0.05) is 42.7 Å². The summed E-state index contributed by atoms with van der Waals surface area (Å²) in [4.78, 5) is 18.0. The summed E-state index contributed by atoms with van der Waals surface area (Å²) in [5.74, 6) is 1.36. The lowest BCUT2D eigenvalue weighted by Crippen LogP contribution is -2.26. The van der Waals surface area contributed by atoms with Crippen molar-refractivity contribution in [3.63, 3.8) is 0 Å². The highest BCUT2D eigenvalue weighted by atomic mass is 35.5. The third-order valence-corrected chi connectivity index (χ3v) is 3.55. The first-order valence-electron chi connectivity index (χ1n) is 7.26. The molecule has 22 heavy (non-hydrogen) atoms. The molecule has 0 fully saturated rings. The summed E-state index contributed by atoms with van der Waals surface area (Å²) >= 11 is 5.93. The van der Waals surface area contributed by atoms with Gasteiger partial charge < -0.3 is 9.42 Å². The van der Waals surface area contributed by atoms with Crippen molar-refractivity contribution in [2.45, 2.75) is 39.2 Å². The van der Waals surface area contributed by atoms with Crippen LogP contribution in [0, 0.1) is 0 Å². The Labute approximate surface area is 135 Å². The van der Waals surface area contributed by atoms with Gasteiger partial charge in [0.15, 0.2) is 5.82 Å². The van der Waals surface area contributed by atoms with E-state index in [0.717, 1.165) is 5.56 Å². The van der Waals surface area contributed by atoms with Crippen LogP contribution in [0.5, 0.6) is 0 Å². The molecule has 0 bridgehead atoms. The highest BCUT2D eigenvalue weighted by Gasteiger charge is 2.15. The number of hydrogen-bond donors (Lipinski definition) is 0. The van der Waals surface area contributed by atoms with Crippen LogP contribution in [0.25, 0.3) is 0 Å². The van der Waals surface area contributed by atoms with Crippen molar-refractivity contribution in [2.75, 3.05) is 7.05 Å². The molecule has 0 saturated carbocycles. The molecule has 0 N–H and O–H groups in total. The van der Waals surface area contributed by atoms with Gasteiger partial charge in [-0.2, -0.15) is 4.98 Å². The SMILES string of the molecule is CC(C)c1noc(CN(C)C(=O)CCc2cccc(Cl)c2)n1. The zero-order valence-electron chi connectivity index (χ0n) is 13.0. The van der Waals surface area contributed by atoms with Crippen LogP contribution in [0.15, 0.2) is 28.8 Å². The van der Waals surface area contributed by atoms with Gasteiger partial charge in [0.2, 0.25) is 11.8 Å². The smallest absolute Gasteiger partial charge is 0.246 e. The topological polar surface area (TPSA) is 59.2 Å². The van der Waals surface area contributed by atoms with E-state index in [9.17, 15) is 4.79 Å². The van der Waals surface area contributed by atoms with Gasteiger partial charge in [-0.05, 0) is 24.1 Å². The molecule has 1 aromatic heterocycles. The molecule has 2 rings (SSSR count). The average molecular weight is 322 g/mol. The van der Waals surface area contributed by atoms with E-state index in [0.29, 0.717) is 36.1 Å². The Morgan fingerprint density at radius 1 is 1.41 bits per heavy atom. The van der Waals surface area contributed by atoms with Crippen LogP contribution >= 0.6 is 11.6 Å². The standard InChI is InChI=1S/C16H20ClN3O2/c1-11(2)16-18-14(22-19-16)10-20(3)15(21)8-7-12-5-4-6-13(17)9-12/h4-6,9,11H,7-8,10H2,1-3H3. The molecule has 1 amide bonds. The van der Waals surface area contributed by atoms with E-state index in [-0.39, 0.29) is 11.8 Å². The molecule has 0 aliphatic heterocycles. The normalized spacial score (nSPS) is 11.0. The fourth-order valence-corrected chi connectivity index (χ4v) is 2.21. The van der Waals surface area contributed by atoms with Crippen molar-refractivity contribution in [1.29, 1.82) is 0 Å². The fourth-order valence-electron chi connectivity index (χ4n) is 1.99. The molecule has 0 unspecified atom stereocenters.